The number of carbonyl (C=O) groups excluding carboxylic acids is 3. The minimum absolute atomic E-state index is 0.145. The summed E-state index contributed by atoms with van der Waals surface area (Å²) in [5.74, 6) is -1.82. The number of rotatable bonds is 8. The van der Waals surface area contributed by atoms with E-state index in [-0.39, 0.29) is 10.7 Å². The van der Waals surface area contributed by atoms with E-state index in [4.69, 9.17) is 14.6 Å². The number of esters is 1. The number of carboxylic acid groups (broad SMARTS) is 1. The largest absolute Gasteiger partial charge is 0.490 e. The molecule has 1 aliphatic heterocycles. The number of carbonyl (C=O) groups is 4. The number of methoxy groups -OCH3 is 1. The molecule has 11 heteroatoms. The molecule has 0 saturated carbocycles. The maximum absolute atomic E-state index is 12.4. The maximum atomic E-state index is 12.4. The Balaban J connectivity index is 2.32. The van der Waals surface area contributed by atoms with Crippen LogP contribution in [-0.4, -0.2) is 60.0 Å². The molecule has 150 valence electrons. The lowest BCUT2D eigenvalue weighted by molar-refractivity contribution is -0.143. The molecular formula is C17H16INO8S. The zero-order valence-corrected chi connectivity index (χ0v) is 17.9. The van der Waals surface area contributed by atoms with E-state index in [1.165, 1.54) is 13.2 Å². The summed E-state index contributed by atoms with van der Waals surface area (Å²) in [5.41, 5.74) is 0.555. The number of carboxylic acids is 1. The Morgan fingerprint density at radius 3 is 2.61 bits per heavy atom. The highest BCUT2D eigenvalue weighted by Gasteiger charge is 2.36. The highest BCUT2D eigenvalue weighted by molar-refractivity contribution is 14.1. The number of nitrogens with zero attached hydrogens (tertiary/aromatic N) is 1. The Morgan fingerprint density at radius 2 is 2.00 bits per heavy atom. The molecule has 1 heterocycles. The Hall–Kier alpha value is -2.28. The van der Waals surface area contributed by atoms with Gasteiger partial charge in [0, 0.05) is 0 Å². The minimum atomic E-state index is -1.12. The summed E-state index contributed by atoms with van der Waals surface area (Å²) >= 11 is 2.67. The topological polar surface area (TPSA) is 119 Å². The van der Waals surface area contributed by atoms with Crippen molar-refractivity contribution in [1.82, 2.24) is 4.90 Å². The SMILES string of the molecule is CCOc1cc(/C=C2\SC(=O)N(CC(=O)OC)C2=O)cc(I)c1OCC(=O)O. The molecule has 1 aromatic rings. The summed E-state index contributed by atoms with van der Waals surface area (Å²) < 4.78 is 15.8. The third-order valence-electron chi connectivity index (χ3n) is 3.36. The Kier molecular flexibility index (Phi) is 7.69. The van der Waals surface area contributed by atoms with Gasteiger partial charge in [-0.05, 0) is 65.0 Å². The molecule has 0 aromatic heterocycles. The lowest BCUT2D eigenvalue weighted by Crippen LogP contribution is -2.34. The van der Waals surface area contributed by atoms with Crippen LogP contribution >= 0.6 is 34.4 Å². The van der Waals surface area contributed by atoms with Crippen molar-refractivity contribution in [1.29, 1.82) is 0 Å². The van der Waals surface area contributed by atoms with Crippen LogP contribution in [0.1, 0.15) is 12.5 Å². The number of benzene rings is 1. The first-order chi connectivity index (χ1) is 13.3. The van der Waals surface area contributed by atoms with Gasteiger partial charge in [-0.2, -0.15) is 0 Å². The van der Waals surface area contributed by atoms with Crippen LogP contribution in [-0.2, 0) is 19.1 Å². The normalized spacial score (nSPS) is 15.1. The Labute approximate surface area is 178 Å². The van der Waals surface area contributed by atoms with Crippen LogP contribution in [0.3, 0.4) is 0 Å². The fraction of sp³-hybridized carbons (Fsp3) is 0.294. The molecule has 0 aliphatic carbocycles. The molecule has 0 spiro atoms. The molecule has 28 heavy (non-hydrogen) atoms. The first-order valence-corrected chi connectivity index (χ1v) is 9.79. The molecule has 0 bridgehead atoms. The summed E-state index contributed by atoms with van der Waals surface area (Å²) in [7, 11) is 1.17. The summed E-state index contributed by atoms with van der Waals surface area (Å²) in [6, 6.07) is 3.24. The van der Waals surface area contributed by atoms with Crippen molar-refractivity contribution < 1.29 is 38.5 Å². The minimum Gasteiger partial charge on any atom is -0.490 e. The highest BCUT2D eigenvalue weighted by atomic mass is 127. The van der Waals surface area contributed by atoms with Gasteiger partial charge in [-0.1, -0.05) is 0 Å². The number of thioether (sulfide) groups is 1. The zero-order valence-electron chi connectivity index (χ0n) is 14.9. The lowest BCUT2D eigenvalue weighted by Gasteiger charge is -2.13. The Morgan fingerprint density at radius 1 is 1.29 bits per heavy atom. The van der Waals surface area contributed by atoms with Gasteiger partial charge < -0.3 is 19.3 Å². The van der Waals surface area contributed by atoms with E-state index in [0.717, 1.165) is 4.90 Å². The van der Waals surface area contributed by atoms with Gasteiger partial charge in [0.2, 0.25) is 0 Å². The number of amides is 2. The molecule has 2 rings (SSSR count). The first-order valence-electron chi connectivity index (χ1n) is 7.90. The van der Waals surface area contributed by atoms with Crippen LogP contribution in [0.4, 0.5) is 4.79 Å². The standard InChI is InChI=1S/C17H16INO8S/c1-3-26-11-5-9(4-10(18)15(11)27-8-13(20)21)6-12-16(23)19(17(24)28-12)7-14(22)25-2/h4-6H,3,7-8H2,1-2H3,(H,20,21)/b12-6-. The Bertz CT molecular complexity index is 854. The van der Waals surface area contributed by atoms with Crippen molar-refractivity contribution >= 4 is 63.5 Å². The van der Waals surface area contributed by atoms with Crippen molar-refractivity contribution in [2.45, 2.75) is 6.92 Å². The maximum Gasteiger partial charge on any atom is 0.341 e. The van der Waals surface area contributed by atoms with Gasteiger partial charge in [0.15, 0.2) is 18.1 Å². The van der Waals surface area contributed by atoms with Crippen LogP contribution in [0.25, 0.3) is 6.08 Å². The number of halogens is 1. The molecule has 0 unspecified atom stereocenters. The van der Waals surface area contributed by atoms with Gasteiger partial charge in [-0.15, -0.1) is 0 Å². The lowest BCUT2D eigenvalue weighted by atomic mass is 10.2. The molecule has 1 saturated heterocycles. The molecule has 0 atom stereocenters. The van der Waals surface area contributed by atoms with Gasteiger partial charge in [-0.25, -0.2) is 4.79 Å². The second-order valence-corrected chi connectivity index (χ2v) is 7.44. The summed E-state index contributed by atoms with van der Waals surface area (Å²) in [6.07, 6.45) is 1.49. The van der Waals surface area contributed by atoms with Crippen LogP contribution in [0.15, 0.2) is 17.0 Å². The van der Waals surface area contributed by atoms with Gasteiger partial charge >= 0.3 is 11.9 Å². The average molecular weight is 521 g/mol. The second-order valence-electron chi connectivity index (χ2n) is 5.29. The number of imide groups is 1. The van der Waals surface area contributed by atoms with Crippen LogP contribution in [0.2, 0.25) is 0 Å². The fourth-order valence-electron chi connectivity index (χ4n) is 2.19. The van der Waals surface area contributed by atoms with Gasteiger partial charge in [-0.3, -0.25) is 19.3 Å². The van der Waals surface area contributed by atoms with E-state index in [1.54, 1.807) is 19.1 Å². The van der Waals surface area contributed by atoms with E-state index in [1.807, 2.05) is 22.6 Å². The fourth-order valence-corrected chi connectivity index (χ4v) is 3.81. The predicted octanol–water partition coefficient (Wildman–Crippen LogP) is 2.36. The molecule has 9 nitrogen and oxygen atoms in total. The third-order valence-corrected chi connectivity index (χ3v) is 5.07. The van der Waals surface area contributed by atoms with E-state index >= 15 is 0 Å². The van der Waals surface area contributed by atoms with Gasteiger partial charge in [0.05, 0.1) is 22.2 Å². The van der Waals surface area contributed by atoms with Gasteiger partial charge in [0.1, 0.15) is 6.54 Å². The van der Waals surface area contributed by atoms with Crippen LogP contribution in [0.5, 0.6) is 11.5 Å². The molecule has 0 radical (unpaired) electrons. The van der Waals surface area contributed by atoms with Crippen molar-refractivity contribution in [3.05, 3.63) is 26.2 Å². The molecule has 1 N–H and O–H groups in total. The van der Waals surface area contributed by atoms with E-state index < -0.39 is 36.2 Å². The van der Waals surface area contributed by atoms with Crippen molar-refractivity contribution in [3.8, 4) is 11.5 Å². The van der Waals surface area contributed by atoms with Crippen LogP contribution < -0.4 is 9.47 Å². The monoisotopic (exact) mass is 521 g/mol. The summed E-state index contributed by atoms with van der Waals surface area (Å²) in [4.78, 5) is 47.5. The zero-order chi connectivity index (χ0) is 20.8. The van der Waals surface area contributed by atoms with Crippen LogP contribution in [0, 0.1) is 3.57 Å². The van der Waals surface area contributed by atoms with Crippen molar-refractivity contribution in [3.63, 3.8) is 0 Å². The van der Waals surface area contributed by atoms with E-state index in [0.29, 0.717) is 33.3 Å². The molecule has 2 amide bonds. The predicted molar refractivity (Wildman–Crippen MR) is 108 cm³/mol. The molecular weight excluding hydrogens is 505 g/mol. The van der Waals surface area contributed by atoms with Gasteiger partial charge in [0.25, 0.3) is 11.1 Å². The first kappa shape index (κ1) is 22.0. The number of hydrogen-bond donors (Lipinski definition) is 1. The molecule has 1 aromatic carbocycles. The third kappa shape index (κ3) is 5.38. The van der Waals surface area contributed by atoms with Crippen molar-refractivity contribution in [2.24, 2.45) is 0 Å². The number of ether oxygens (including phenoxy) is 3. The highest BCUT2D eigenvalue weighted by Crippen LogP contribution is 2.37. The second kappa shape index (κ2) is 9.78. The van der Waals surface area contributed by atoms with E-state index in [2.05, 4.69) is 4.74 Å². The summed E-state index contributed by atoms with van der Waals surface area (Å²) in [5, 5.41) is 8.24. The molecule has 1 fully saturated rings. The number of aliphatic carboxylic acids is 1. The smallest absolute Gasteiger partial charge is 0.341 e. The quantitative estimate of drug-likeness (QED) is 0.312. The van der Waals surface area contributed by atoms with E-state index in [9.17, 15) is 19.2 Å². The number of hydrogen-bond acceptors (Lipinski definition) is 8. The summed E-state index contributed by atoms with van der Waals surface area (Å²) in [6.45, 7) is 1.10. The van der Waals surface area contributed by atoms with Crippen molar-refractivity contribution in [2.75, 3.05) is 26.9 Å². The molecule has 1 aliphatic rings. The average Bonchev–Trinajstić information content (AvgIpc) is 2.88.